The normalized spacial score (nSPS) is 13.3. The highest BCUT2D eigenvalue weighted by Gasteiger charge is 2.30. The first-order chi connectivity index (χ1) is 10.9. The van der Waals surface area contributed by atoms with Gasteiger partial charge in [-0.1, -0.05) is 53.5 Å². The Labute approximate surface area is 146 Å². The maximum absolute atomic E-state index is 12.9. The predicted octanol–water partition coefficient (Wildman–Crippen LogP) is 3.74. The highest BCUT2D eigenvalue weighted by Crippen LogP contribution is 2.30. The Balaban J connectivity index is 2.47. The molecule has 4 nitrogen and oxygen atoms in total. The molecule has 0 fully saturated rings. The van der Waals surface area contributed by atoms with Crippen LogP contribution in [-0.2, 0) is 10.0 Å². The first-order valence-corrected chi connectivity index (χ1v) is 9.19. The third-order valence-electron chi connectivity index (χ3n) is 3.48. The van der Waals surface area contributed by atoms with Gasteiger partial charge >= 0.3 is 0 Å². The SMILES string of the molecule is CC(c1ccccc1)N(CCO)S(=O)(=O)c1cc(Cl)cc(Cl)c1. The molecule has 1 atom stereocenters. The molecule has 0 saturated heterocycles. The molecule has 0 bridgehead atoms. The highest BCUT2D eigenvalue weighted by atomic mass is 35.5. The Morgan fingerprint density at radius 2 is 1.65 bits per heavy atom. The van der Waals surface area contributed by atoms with Crippen molar-refractivity contribution in [1.82, 2.24) is 4.31 Å². The van der Waals surface area contributed by atoms with Crippen LogP contribution in [0.15, 0.2) is 53.4 Å². The molecule has 0 amide bonds. The van der Waals surface area contributed by atoms with Gasteiger partial charge in [0.15, 0.2) is 0 Å². The number of aliphatic hydroxyl groups is 1. The van der Waals surface area contributed by atoms with Crippen molar-refractivity contribution >= 4 is 33.2 Å². The molecule has 23 heavy (non-hydrogen) atoms. The van der Waals surface area contributed by atoms with Gasteiger partial charge in [0.1, 0.15) is 0 Å². The number of rotatable bonds is 6. The average Bonchev–Trinajstić information content (AvgIpc) is 2.51. The van der Waals surface area contributed by atoms with Gasteiger partial charge in [-0.25, -0.2) is 8.42 Å². The quantitative estimate of drug-likeness (QED) is 0.838. The van der Waals surface area contributed by atoms with Crippen molar-refractivity contribution in [2.75, 3.05) is 13.2 Å². The maximum atomic E-state index is 12.9. The second kappa shape index (κ2) is 7.64. The van der Waals surface area contributed by atoms with Gasteiger partial charge < -0.3 is 5.11 Å². The minimum absolute atomic E-state index is 0.00577. The molecule has 2 rings (SSSR count). The molecule has 7 heteroatoms. The van der Waals surface area contributed by atoms with Crippen molar-refractivity contribution < 1.29 is 13.5 Å². The number of aliphatic hydroxyl groups excluding tert-OH is 1. The van der Waals surface area contributed by atoms with Crippen molar-refractivity contribution in [3.8, 4) is 0 Å². The van der Waals surface area contributed by atoms with Gasteiger partial charge in [0, 0.05) is 22.6 Å². The molecule has 0 aliphatic heterocycles. The van der Waals surface area contributed by atoms with E-state index in [0.29, 0.717) is 0 Å². The maximum Gasteiger partial charge on any atom is 0.243 e. The second-order valence-electron chi connectivity index (χ2n) is 5.03. The lowest BCUT2D eigenvalue weighted by Gasteiger charge is -2.28. The standard InChI is InChI=1S/C16H17Cl2NO3S/c1-12(13-5-3-2-4-6-13)19(7-8-20)23(21,22)16-10-14(17)9-15(18)11-16/h2-6,9-12,20H,7-8H2,1H3. The summed E-state index contributed by atoms with van der Waals surface area (Å²) in [6.45, 7) is 1.46. The van der Waals surface area contributed by atoms with Crippen LogP contribution in [0.5, 0.6) is 0 Å². The monoisotopic (exact) mass is 373 g/mol. The summed E-state index contributed by atoms with van der Waals surface area (Å²) in [5, 5.41) is 9.78. The van der Waals surface area contributed by atoms with E-state index in [-0.39, 0.29) is 28.1 Å². The molecule has 0 aliphatic carbocycles. The van der Waals surface area contributed by atoms with Gasteiger partial charge in [-0.3, -0.25) is 0 Å². The number of halogens is 2. The van der Waals surface area contributed by atoms with Crippen molar-refractivity contribution in [3.63, 3.8) is 0 Å². The summed E-state index contributed by atoms with van der Waals surface area (Å²) in [6.07, 6.45) is 0. The lowest BCUT2D eigenvalue weighted by molar-refractivity contribution is 0.232. The van der Waals surface area contributed by atoms with Gasteiger partial charge in [-0.05, 0) is 30.7 Å². The number of nitrogens with zero attached hydrogens (tertiary/aromatic N) is 1. The number of hydrogen-bond acceptors (Lipinski definition) is 3. The zero-order valence-electron chi connectivity index (χ0n) is 12.5. The Bertz CT molecular complexity index is 746. The summed E-state index contributed by atoms with van der Waals surface area (Å²) in [4.78, 5) is 0.00577. The van der Waals surface area contributed by atoms with E-state index < -0.39 is 16.1 Å². The number of sulfonamides is 1. The molecule has 0 heterocycles. The predicted molar refractivity (Wildman–Crippen MR) is 92.3 cm³/mol. The molecule has 0 aromatic heterocycles. The first kappa shape index (κ1) is 18.2. The Morgan fingerprint density at radius 1 is 1.09 bits per heavy atom. The van der Waals surface area contributed by atoms with Crippen molar-refractivity contribution in [2.45, 2.75) is 17.9 Å². The van der Waals surface area contributed by atoms with Crippen LogP contribution in [0.2, 0.25) is 10.0 Å². The molecule has 0 spiro atoms. The summed E-state index contributed by atoms with van der Waals surface area (Å²) in [6, 6.07) is 13.0. The minimum Gasteiger partial charge on any atom is -0.395 e. The van der Waals surface area contributed by atoms with E-state index in [1.165, 1.54) is 22.5 Å². The minimum atomic E-state index is -3.85. The zero-order chi connectivity index (χ0) is 17.0. The smallest absolute Gasteiger partial charge is 0.243 e. The van der Waals surface area contributed by atoms with Crippen LogP contribution in [0.25, 0.3) is 0 Å². The first-order valence-electron chi connectivity index (χ1n) is 7.00. The average molecular weight is 374 g/mol. The fourth-order valence-electron chi connectivity index (χ4n) is 2.33. The number of benzene rings is 2. The van der Waals surface area contributed by atoms with Crippen molar-refractivity contribution in [3.05, 3.63) is 64.1 Å². The summed E-state index contributed by atoms with van der Waals surface area (Å²) in [7, 11) is -3.85. The van der Waals surface area contributed by atoms with Crippen LogP contribution in [-0.4, -0.2) is 31.0 Å². The van der Waals surface area contributed by atoms with E-state index in [2.05, 4.69) is 0 Å². The summed E-state index contributed by atoms with van der Waals surface area (Å²) in [5.74, 6) is 0. The van der Waals surface area contributed by atoms with E-state index in [0.717, 1.165) is 5.56 Å². The zero-order valence-corrected chi connectivity index (χ0v) is 14.8. The molecule has 0 saturated carbocycles. The van der Waals surface area contributed by atoms with Crippen LogP contribution < -0.4 is 0 Å². The van der Waals surface area contributed by atoms with Crippen molar-refractivity contribution in [1.29, 1.82) is 0 Å². The van der Waals surface area contributed by atoms with E-state index in [4.69, 9.17) is 23.2 Å². The van der Waals surface area contributed by atoms with E-state index >= 15 is 0 Å². The van der Waals surface area contributed by atoms with Crippen LogP contribution in [0.3, 0.4) is 0 Å². The van der Waals surface area contributed by atoms with Gasteiger partial charge in [0.2, 0.25) is 10.0 Å². The lowest BCUT2D eigenvalue weighted by atomic mass is 10.1. The Hall–Kier alpha value is -1.11. The summed E-state index contributed by atoms with van der Waals surface area (Å²) < 4.78 is 27.1. The highest BCUT2D eigenvalue weighted by molar-refractivity contribution is 7.89. The van der Waals surface area contributed by atoms with Crippen molar-refractivity contribution in [2.24, 2.45) is 0 Å². The Morgan fingerprint density at radius 3 is 2.17 bits per heavy atom. The Kier molecular flexibility index (Phi) is 6.06. The second-order valence-corrected chi connectivity index (χ2v) is 7.79. The van der Waals surface area contributed by atoms with Gasteiger partial charge in [0.05, 0.1) is 11.5 Å². The fourth-order valence-corrected chi connectivity index (χ4v) is 4.67. The summed E-state index contributed by atoms with van der Waals surface area (Å²) >= 11 is 11.8. The lowest BCUT2D eigenvalue weighted by Crippen LogP contribution is -2.36. The van der Waals surface area contributed by atoms with Crippen LogP contribution >= 0.6 is 23.2 Å². The molecule has 0 aliphatic rings. The van der Waals surface area contributed by atoms with Crippen LogP contribution in [0, 0.1) is 0 Å². The third kappa shape index (κ3) is 4.25. The largest absolute Gasteiger partial charge is 0.395 e. The molecular weight excluding hydrogens is 357 g/mol. The molecule has 2 aromatic rings. The fraction of sp³-hybridized carbons (Fsp3) is 0.250. The molecule has 1 N–H and O–H groups in total. The summed E-state index contributed by atoms with van der Waals surface area (Å²) in [5.41, 5.74) is 0.831. The van der Waals surface area contributed by atoms with Gasteiger partial charge in [-0.2, -0.15) is 4.31 Å². The van der Waals surface area contributed by atoms with E-state index in [9.17, 15) is 13.5 Å². The van der Waals surface area contributed by atoms with E-state index in [1.807, 2.05) is 30.3 Å². The molecular formula is C16H17Cl2NO3S. The van der Waals surface area contributed by atoms with Crippen LogP contribution in [0.4, 0.5) is 0 Å². The van der Waals surface area contributed by atoms with Gasteiger partial charge in [0.25, 0.3) is 0 Å². The molecule has 1 unspecified atom stereocenters. The topological polar surface area (TPSA) is 57.6 Å². The molecule has 0 radical (unpaired) electrons. The van der Waals surface area contributed by atoms with E-state index in [1.54, 1.807) is 6.92 Å². The van der Waals surface area contributed by atoms with Crippen LogP contribution in [0.1, 0.15) is 18.5 Å². The molecule has 2 aromatic carbocycles. The third-order valence-corrected chi connectivity index (χ3v) is 5.86. The number of hydrogen-bond donors (Lipinski definition) is 1. The van der Waals surface area contributed by atoms with Gasteiger partial charge in [-0.15, -0.1) is 0 Å². The molecule has 124 valence electrons.